The maximum absolute atomic E-state index is 11.2. The Morgan fingerprint density at radius 2 is 1.94 bits per heavy atom. The van der Waals surface area contributed by atoms with Gasteiger partial charge in [0.1, 0.15) is 6.54 Å². The number of urea groups is 1. The van der Waals surface area contributed by atoms with Crippen molar-refractivity contribution in [2.45, 2.75) is 19.3 Å². The largest absolute Gasteiger partial charge is 0.480 e. The molecule has 3 amide bonds. The summed E-state index contributed by atoms with van der Waals surface area (Å²) in [6.45, 7) is 0.0587. The number of primary amides is 1. The highest BCUT2D eigenvalue weighted by Gasteiger charge is 2.10. The number of aliphatic carboxylic acids is 1. The number of nitrogens with one attached hydrogen (secondary N) is 1. The monoisotopic (exact) mass is 231 g/mol. The van der Waals surface area contributed by atoms with E-state index >= 15 is 0 Å². The van der Waals surface area contributed by atoms with E-state index < -0.39 is 12.0 Å². The summed E-state index contributed by atoms with van der Waals surface area (Å²) in [4.78, 5) is 33.0. The van der Waals surface area contributed by atoms with Crippen molar-refractivity contribution in [1.29, 1.82) is 0 Å². The van der Waals surface area contributed by atoms with E-state index in [4.69, 9.17) is 10.8 Å². The van der Waals surface area contributed by atoms with Gasteiger partial charge in [0.05, 0.1) is 0 Å². The van der Waals surface area contributed by atoms with Crippen molar-refractivity contribution in [3.8, 4) is 0 Å². The molecule has 0 radical (unpaired) electrons. The van der Waals surface area contributed by atoms with Crippen LogP contribution >= 0.6 is 0 Å². The summed E-state index contributed by atoms with van der Waals surface area (Å²) < 4.78 is 0. The van der Waals surface area contributed by atoms with Crippen molar-refractivity contribution in [3.05, 3.63) is 0 Å². The predicted molar refractivity (Wildman–Crippen MR) is 56.7 cm³/mol. The van der Waals surface area contributed by atoms with Gasteiger partial charge in [0.25, 0.3) is 0 Å². The molecule has 7 nitrogen and oxygen atoms in total. The molecule has 0 bridgehead atoms. The molecular weight excluding hydrogens is 214 g/mol. The fraction of sp³-hybridized carbons (Fsp3) is 0.667. The molecule has 0 aliphatic heterocycles. The summed E-state index contributed by atoms with van der Waals surface area (Å²) in [7, 11) is 1.40. The summed E-state index contributed by atoms with van der Waals surface area (Å²) in [6, 6.07) is -0.443. The van der Waals surface area contributed by atoms with Crippen LogP contribution < -0.4 is 11.1 Å². The minimum absolute atomic E-state index is 0.292. The van der Waals surface area contributed by atoms with Crippen LogP contribution in [0.4, 0.5) is 4.79 Å². The number of rotatable bonds is 7. The maximum Gasteiger partial charge on any atom is 0.323 e. The first-order valence-corrected chi connectivity index (χ1v) is 4.92. The molecule has 0 fully saturated rings. The number of carbonyl (C=O) groups is 3. The molecule has 0 atom stereocenters. The van der Waals surface area contributed by atoms with Gasteiger partial charge in [-0.1, -0.05) is 0 Å². The van der Waals surface area contributed by atoms with Gasteiger partial charge >= 0.3 is 12.0 Å². The Hall–Kier alpha value is -1.79. The zero-order chi connectivity index (χ0) is 12.6. The summed E-state index contributed by atoms with van der Waals surface area (Å²) >= 11 is 0. The number of carbonyl (C=O) groups excluding carboxylic acids is 2. The van der Waals surface area contributed by atoms with E-state index in [0.29, 0.717) is 25.8 Å². The van der Waals surface area contributed by atoms with Gasteiger partial charge in [0.15, 0.2) is 0 Å². The van der Waals surface area contributed by atoms with E-state index in [-0.39, 0.29) is 12.5 Å². The van der Waals surface area contributed by atoms with Crippen LogP contribution in [0.3, 0.4) is 0 Å². The fourth-order valence-corrected chi connectivity index (χ4v) is 1.03. The zero-order valence-electron chi connectivity index (χ0n) is 9.23. The van der Waals surface area contributed by atoms with E-state index in [1.165, 1.54) is 7.05 Å². The average molecular weight is 231 g/mol. The van der Waals surface area contributed by atoms with Crippen molar-refractivity contribution in [1.82, 2.24) is 10.2 Å². The normalized spacial score (nSPS) is 9.56. The quantitative estimate of drug-likeness (QED) is 0.506. The lowest BCUT2D eigenvalue weighted by Gasteiger charge is -2.15. The molecule has 0 saturated heterocycles. The van der Waals surface area contributed by atoms with Crippen LogP contribution in [0.1, 0.15) is 19.3 Å². The van der Waals surface area contributed by atoms with Gasteiger partial charge in [-0.05, 0) is 12.8 Å². The molecule has 0 aromatic heterocycles. The fourth-order valence-electron chi connectivity index (χ4n) is 1.03. The molecule has 0 unspecified atom stereocenters. The van der Waals surface area contributed by atoms with Gasteiger partial charge in [-0.3, -0.25) is 9.59 Å². The first-order chi connectivity index (χ1) is 7.43. The molecule has 92 valence electrons. The SMILES string of the molecule is CN(CC(=O)O)C(=O)NCCCCC(N)=O. The lowest BCUT2D eigenvalue weighted by Crippen LogP contribution is -2.40. The summed E-state index contributed by atoms with van der Waals surface area (Å²) in [6.07, 6.45) is 1.54. The Balaban J connectivity index is 3.57. The van der Waals surface area contributed by atoms with E-state index in [1.54, 1.807) is 0 Å². The molecule has 7 heteroatoms. The predicted octanol–water partition coefficient (Wildman–Crippen LogP) is -0.632. The molecule has 0 saturated carbocycles. The van der Waals surface area contributed by atoms with Crippen LogP contribution in [0.25, 0.3) is 0 Å². The second-order valence-corrected chi connectivity index (χ2v) is 3.41. The molecular formula is C9H17N3O4. The van der Waals surface area contributed by atoms with Gasteiger partial charge in [-0.15, -0.1) is 0 Å². The van der Waals surface area contributed by atoms with Crippen molar-refractivity contribution < 1.29 is 19.5 Å². The van der Waals surface area contributed by atoms with Crippen LogP contribution in [0, 0.1) is 0 Å². The van der Waals surface area contributed by atoms with Crippen LogP contribution in [0.15, 0.2) is 0 Å². The van der Waals surface area contributed by atoms with Crippen molar-refractivity contribution >= 4 is 17.9 Å². The number of carboxylic acid groups (broad SMARTS) is 1. The number of hydrogen-bond acceptors (Lipinski definition) is 3. The minimum Gasteiger partial charge on any atom is -0.480 e. The lowest BCUT2D eigenvalue weighted by atomic mass is 10.2. The van der Waals surface area contributed by atoms with Crippen LogP contribution in [-0.2, 0) is 9.59 Å². The number of nitrogens with two attached hydrogens (primary N) is 1. The minimum atomic E-state index is -1.06. The molecule has 0 rings (SSSR count). The summed E-state index contributed by atoms with van der Waals surface area (Å²) in [5.41, 5.74) is 4.94. The van der Waals surface area contributed by atoms with Crippen LogP contribution in [0.2, 0.25) is 0 Å². The highest BCUT2D eigenvalue weighted by atomic mass is 16.4. The van der Waals surface area contributed by atoms with E-state index in [2.05, 4.69) is 5.32 Å². The number of nitrogens with zero attached hydrogens (tertiary/aromatic N) is 1. The summed E-state index contributed by atoms with van der Waals surface area (Å²) in [5.74, 6) is -1.43. The van der Waals surface area contributed by atoms with Gasteiger partial charge in [-0.2, -0.15) is 0 Å². The lowest BCUT2D eigenvalue weighted by molar-refractivity contribution is -0.137. The second kappa shape index (κ2) is 7.49. The highest BCUT2D eigenvalue weighted by molar-refractivity contribution is 5.79. The Kier molecular flexibility index (Phi) is 6.66. The summed E-state index contributed by atoms with van der Waals surface area (Å²) in [5, 5.41) is 11.0. The van der Waals surface area contributed by atoms with Crippen molar-refractivity contribution in [2.75, 3.05) is 20.1 Å². The third-order valence-corrected chi connectivity index (χ3v) is 1.85. The Bertz CT molecular complexity index is 267. The van der Waals surface area contributed by atoms with Gasteiger partial charge < -0.3 is 21.1 Å². The van der Waals surface area contributed by atoms with Crippen molar-refractivity contribution in [3.63, 3.8) is 0 Å². The number of amides is 3. The number of likely N-dealkylation sites (N-methyl/N-ethyl adjacent to an activating group) is 1. The number of hydrogen-bond donors (Lipinski definition) is 3. The zero-order valence-corrected chi connectivity index (χ0v) is 9.23. The Morgan fingerprint density at radius 1 is 1.31 bits per heavy atom. The smallest absolute Gasteiger partial charge is 0.323 e. The van der Waals surface area contributed by atoms with Gasteiger partial charge in [-0.25, -0.2) is 4.79 Å². The van der Waals surface area contributed by atoms with Gasteiger partial charge in [0.2, 0.25) is 5.91 Å². The first-order valence-electron chi connectivity index (χ1n) is 4.92. The molecule has 0 aromatic carbocycles. The van der Waals surface area contributed by atoms with Gasteiger partial charge in [0, 0.05) is 20.0 Å². The molecule has 0 aromatic rings. The van der Waals surface area contributed by atoms with E-state index in [9.17, 15) is 14.4 Å². The Morgan fingerprint density at radius 3 is 2.44 bits per heavy atom. The average Bonchev–Trinajstić information content (AvgIpc) is 2.15. The maximum atomic E-state index is 11.2. The molecule has 0 aliphatic rings. The number of carboxylic acids is 1. The third-order valence-electron chi connectivity index (χ3n) is 1.85. The van der Waals surface area contributed by atoms with E-state index in [1.807, 2.05) is 0 Å². The molecule has 0 aliphatic carbocycles. The number of unbranched alkanes of at least 4 members (excludes halogenated alkanes) is 1. The Labute approximate surface area is 93.6 Å². The topological polar surface area (TPSA) is 113 Å². The first kappa shape index (κ1) is 14.2. The van der Waals surface area contributed by atoms with Crippen LogP contribution in [-0.4, -0.2) is 48.1 Å². The highest BCUT2D eigenvalue weighted by Crippen LogP contribution is 1.93. The standard InChI is InChI=1S/C9H17N3O4/c1-12(6-8(14)15)9(16)11-5-3-2-4-7(10)13/h2-6H2,1H3,(H2,10,13)(H,11,16)(H,14,15). The molecule has 4 N–H and O–H groups in total. The third kappa shape index (κ3) is 7.60. The van der Waals surface area contributed by atoms with Crippen LogP contribution in [0.5, 0.6) is 0 Å². The molecule has 16 heavy (non-hydrogen) atoms. The second-order valence-electron chi connectivity index (χ2n) is 3.41. The molecule has 0 spiro atoms. The van der Waals surface area contributed by atoms with Crippen molar-refractivity contribution in [2.24, 2.45) is 5.73 Å². The molecule has 0 heterocycles. The van der Waals surface area contributed by atoms with E-state index in [0.717, 1.165) is 4.90 Å².